The van der Waals surface area contributed by atoms with E-state index in [1.54, 1.807) is 35.0 Å². The number of benzene rings is 3. The Morgan fingerprint density at radius 2 is 1.75 bits per heavy atom. The summed E-state index contributed by atoms with van der Waals surface area (Å²) in [5, 5.41) is 11.9. The summed E-state index contributed by atoms with van der Waals surface area (Å²) in [5.41, 5.74) is 4.35. The van der Waals surface area contributed by atoms with Gasteiger partial charge < -0.3 is 9.64 Å². The van der Waals surface area contributed by atoms with Crippen molar-refractivity contribution < 1.29 is 14.3 Å². The Balaban J connectivity index is 0.997. The van der Waals surface area contributed by atoms with Crippen LogP contribution in [0.1, 0.15) is 28.0 Å². The number of hydrogen-bond acceptors (Lipinski definition) is 6. The van der Waals surface area contributed by atoms with Crippen LogP contribution in [0.25, 0.3) is 6.08 Å². The highest BCUT2D eigenvalue weighted by Crippen LogP contribution is 2.29. The summed E-state index contributed by atoms with van der Waals surface area (Å²) in [5.74, 6) is 0.651. The molecule has 1 aliphatic carbocycles. The summed E-state index contributed by atoms with van der Waals surface area (Å²) < 4.78 is 7.58. The molecule has 2 atom stereocenters. The number of ketones is 1. The standard InChI is InChI=1S/C36H33N5O3/c42-34(22-16-28-11-7-8-12-28)29-17-19-32(20-18-29)44-24-23-40-26-30(38-39-40)25-37-35-33(21-15-27-9-3-1-4-10-27)41(36(35)43)31-13-5-2-6-14-31/h1-7,9-22,26,33,35,37H,8,23-25H2/b21-15+,22-16+/t33-,35+/m1/s1. The second-order valence-electron chi connectivity index (χ2n) is 10.5. The van der Waals surface area contributed by atoms with Gasteiger partial charge in [-0.25, -0.2) is 4.68 Å². The fraction of sp³-hybridized carbons (Fsp3) is 0.167. The number of aromatic nitrogens is 3. The van der Waals surface area contributed by atoms with Gasteiger partial charge in [-0.1, -0.05) is 90.2 Å². The molecular weight excluding hydrogens is 550 g/mol. The number of anilines is 1. The van der Waals surface area contributed by atoms with Crippen molar-refractivity contribution in [2.45, 2.75) is 31.6 Å². The lowest BCUT2D eigenvalue weighted by molar-refractivity contribution is -0.126. The van der Waals surface area contributed by atoms with Crippen LogP contribution in [0.2, 0.25) is 0 Å². The normalized spacial score (nSPS) is 17.8. The third-order valence-corrected chi connectivity index (χ3v) is 7.51. The minimum absolute atomic E-state index is 0.0202. The molecule has 1 N–H and O–H groups in total. The van der Waals surface area contributed by atoms with E-state index in [1.807, 2.05) is 90.0 Å². The number of rotatable bonds is 13. The molecule has 6 rings (SSSR count). The lowest BCUT2D eigenvalue weighted by Crippen LogP contribution is -2.69. The maximum Gasteiger partial charge on any atom is 0.247 e. The van der Waals surface area contributed by atoms with Crippen molar-refractivity contribution in [3.8, 4) is 5.75 Å². The van der Waals surface area contributed by atoms with E-state index in [0.717, 1.165) is 28.9 Å². The first kappa shape index (κ1) is 28.8. The fourth-order valence-electron chi connectivity index (χ4n) is 5.16. The fourth-order valence-corrected chi connectivity index (χ4v) is 5.16. The average Bonchev–Trinajstić information content (AvgIpc) is 3.76. The van der Waals surface area contributed by atoms with Crippen molar-refractivity contribution >= 4 is 23.5 Å². The number of β-lactam (4-membered cyclic amide) rings is 1. The van der Waals surface area contributed by atoms with E-state index in [-0.39, 0.29) is 23.8 Å². The summed E-state index contributed by atoms with van der Waals surface area (Å²) >= 11 is 0. The minimum atomic E-state index is -0.370. The van der Waals surface area contributed by atoms with Crippen LogP contribution in [-0.4, -0.2) is 45.4 Å². The number of allylic oxidation sites excluding steroid dienone is 6. The number of carbonyl (C=O) groups is 2. The van der Waals surface area contributed by atoms with Gasteiger partial charge in [-0.15, -0.1) is 5.10 Å². The van der Waals surface area contributed by atoms with Crippen molar-refractivity contribution in [2.75, 3.05) is 11.5 Å². The molecule has 0 spiro atoms. The molecule has 1 aromatic heterocycles. The first-order valence-electron chi connectivity index (χ1n) is 14.7. The van der Waals surface area contributed by atoms with E-state index in [9.17, 15) is 9.59 Å². The molecule has 2 aliphatic rings. The molecule has 8 nitrogen and oxygen atoms in total. The van der Waals surface area contributed by atoms with Crippen molar-refractivity contribution in [1.29, 1.82) is 0 Å². The lowest BCUT2D eigenvalue weighted by atomic mass is 9.92. The highest BCUT2D eigenvalue weighted by molar-refractivity contribution is 6.06. The van der Waals surface area contributed by atoms with Crippen molar-refractivity contribution in [3.63, 3.8) is 0 Å². The minimum Gasteiger partial charge on any atom is -0.492 e. The van der Waals surface area contributed by atoms with Crippen LogP contribution in [0.4, 0.5) is 5.69 Å². The van der Waals surface area contributed by atoms with Gasteiger partial charge in [0.15, 0.2) is 5.78 Å². The van der Waals surface area contributed by atoms with E-state index < -0.39 is 0 Å². The van der Waals surface area contributed by atoms with E-state index in [4.69, 9.17) is 4.74 Å². The molecule has 2 heterocycles. The smallest absolute Gasteiger partial charge is 0.247 e. The molecule has 1 saturated heterocycles. The molecule has 0 bridgehead atoms. The maximum absolute atomic E-state index is 13.2. The Kier molecular flexibility index (Phi) is 8.99. The molecule has 0 radical (unpaired) electrons. The predicted molar refractivity (Wildman–Crippen MR) is 171 cm³/mol. The van der Waals surface area contributed by atoms with Gasteiger partial charge in [-0.2, -0.15) is 0 Å². The number of hydrogen-bond donors (Lipinski definition) is 1. The second kappa shape index (κ2) is 13.8. The summed E-state index contributed by atoms with van der Waals surface area (Å²) in [6, 6.07) is 26.4. The van der Waals surface area contributed by atoms with Gasteiger partial charge in [-0.05, 0) is 60.0 Å². The third-order valence-electron chi connectivity index (χ3n) is 7.51. The largest absolute Gasteiger partial charge is 0.492 e. The zero-order chi connectivity index (χ0) is 30.1. The Bertz CT molecular complexity index is 1710. The molecule has 220 valence electrons. The second-order valence-corrected chi connectivity index (χ2v) is 10.5. The SMILES string of the molecule is O=C(/C=C/C1=CCC=C1)c1ccc(OCCn2cc(CN[C@@H]3C(=O)N(c4ccccc4)[C@@H]3/C=C/c3ccccc3)nn2)cc1. The number of nitrogens with one attached hydrogen (secondary N) is 1. The van der Waals surface area contributed by atoms with Crippen molar-refractivity contribution in [1.82, 2.24) is 20.3 Å². The monoisotopic (exact) mass is 583 g/mol. The molecule has 4 aromatic rings. The van der Waals surface area contributed by atoms with Gasteiger partial charge in [0.1, 0.15) is 18.4 Å². The van der Waals surface area contributed by atoms with Gasteiger partial charge in [-0.3, -0.25) is 14.9 Å². The quantitative estimate of drug-likeness (QED) is 0.126. The summed E-state index contributed by atoms with van der Waals surface area (Å²) in [4.78, 5) is 27.4. The Hall–Kier alpha value is -5.34. The first-order chi connectivity index (χ1) is 21.6. The van der Waals surface area contributed by atoms with E-state index in [2.05, 4.69) is 33.9 Å². The predicted octanol–water partition coefficient (Wildman–Crippen LogP) is 5.57. The molecule has 1 fully saturated rings. The number of carbonyl (C=O) groups excluding carboxylic acids is 2. The topological polar surface area (TPSA) is 89.4 Å². The van der Waals surface area contributed by atoms with E-state index in [0.29, 0.717) is 31.0 Å². The van der Waals surface area contributed by atoms with Gasteiger partial charge in [0.25, 0.3) is 0 Å². The zero-order valence-corrected chi connectivity index (χ0v) is 24.2. The molecule has 1 amide bonds. The van der Waals surface area contributed by atoms with Gasteiger partial charge in [0, 0.05) is 24.0 Å². The number of ether oxygens (including phenoxy) is 1. The lowest BCUT2D eigenvalue weighted by Gasteiger charge is -2.46. The van der Waals surface area contributed by atoms with Crippen LogP contribution in [0.5, 0.6) is 5.75 Å². The maximum atomic E-state index is 13.2. The number of para-hydroxylation sites is 1. The van der Waals surface area contributed by atoms with Crippen LogP contribution in [0, 0.1) is 0 Å². The molecule has 0 saturated carbocycles. The van der Waals surface area contributed by atoms with Crippen LogP contribution >= 0.6 is 0 Å². The molecule has 3 aromatic carbocycles. The summed E-state index contributed by atoms with van der Waals surface area (Å²) in [6.07, 6.45) is 16.5. The molecule has 0 unspecified atom stereocenters. The van der Waals surface area contributed by atoms with Crippen LogP contribution in [0.15, 0.2) is 133 Å². The molecule has 8 heteroatoms. The highest BCUT2D eigenvalue weighted by Gasteiger charge is 2.46. The summed E-state index contributed by atoms with van der Waals surface area (Å²) in [7, 11) is 0. The third kappa shape index (κ3) is 6.99. The average molecular weight is 584 g/mol. The number of nitrogens with zero attached hydrogens (tertiary/aromatic N) is 4. The van der Waals surface area contributed by atoms with E-state index in [1.165, 1.54) is 0 Å². The van der Waals surface area contributed by atoms with E-state index >= 15 is 0 Å². The Labute approximate surface area is 256 Å². The zero-order valence-electron chi connectivity index (χ0n) is 24.2. The van der Waals surface area contributed by atoms with Gasteiger partial charge >= 0.3 is 0 Å². The molecule has 44 heavy (non-hydrogen) atoms. The molecule has 1 aliphatic heterocycles. The Morgan fingerprint density at radius 3 is 2.50 bits per heavy atom. The van der Waals surface area contributed by atoms with Crippen LogP contribution in [-0.2, 0) is 17.9 Å². The van der Waals surface area contributed by atoms with Crippen LogP contribution in [0.3, 0.4) is 0 Å². The van der Waals surface area contributed by atoms with Crippen molar-refractivity contribution in [2.24, 2.45) is 0 Å². The van der Waals surface area contributed by atoms with Crippen molar-refractivity contribution in [3.05, 3.63) is 150 Å². The molecular formula is C36H33N5O3. The Morgan fingerprint density at radius 1 is 0.977 bits per heavy atom. The van der Waals surface area contributed by atoms with Gasteiger partial charge in [0.2, 0.25) is 5.91 Å². The van der Waals surface area contributed by atoms with Gasteiger partial charge in [0.05, 0.1) is 18.3 Å². The number of amides is 1. The van der Waals surface area contributed by atoms with Crippen LogP contribution < -0.4 is 15.0 Å². The summed E-state index contributed by atoms with van der Waals surface area (Å²) in [6.45, 7) is 1.31. The first-order valence-corrected chi connectivity index (χ1v) is 14.7. The highest BCUT2D eigenvalue weighted by atomic mass is 16.5.